The first kappa shape index (κ1) is 14.5. The van der Waals surface area contributed by atoms with Crippen LogP contribution in [0, 0.1) is 0 Å². The molecule has 0 aromatic heterocycles. The second kappa shape index (κ2) is 6.97. The fourth-order valence-corrected chi connectivity index (χ4v) is 2.22. The van der Waals surface area contributed by atoms with Gasteiger partial charge in [0.05, 0.1) is 11.6 Å². The Kier molecular flexibility index (Phi) is 5.92. The molecule has 1 unspecified atom stereocenters. The van der Waals surface area contributed by atoms with Crippen LogP contribution >= 0.6 is 0 Å². The molecule has 4 N–H and O–H groups in total. The van der Waals surface area contributed by atoms with E-state index in [1.165, 1.54) is 38.5 Å². The van der Waals surface area contributed by atoms with Crippen LogP contribution in [0.15, 0.2) is 0 Å². The predicted molar refractivity (Wildman–Crippen MR) is 68.5 cm³/mol. The monoisotopic (exact) mass is 242 g/mol. The molecule has 0 spiro atoms. The molecule has 17 heavy (non-hydrogen) atoms. The van der Waals surface area contributed by atoms with Crippen LogP contribution in [0.5, 0.6) is 0 Å². The Morgan fingerprint density at radius 1 is 1.29 bits per heavy atom. The van der Waals surface area contributed by atoms with Crippen molar-refractivity contribution in [2.24, 2.45) is 11.5 Å². The van der Waals surface area contributed by atoms with E-state index in [1.54, 1.807) is 6.92 Å². The van der Waals surface area contributed by atoms with Gasteiger partial charge in [-0.15, -0.1) is 0 Å². The smallest absolute Gasteiger partial charge is 0.237 e. The van der Waals surface area contributed by atoms with E-state index < -0.39 is 11.4 Å². The molecule has 0 aromatic rings. The molecule has 4 heteroatoms. The number of ether oxygens (including phenoxy) is 1. The number of nitrogens with two attached hydrogens (primary N) is 2. The van der Waals surface area contributed by atoms with Gasteiger partial charge in [-0.3, -0.25) is 4.79 Å². The maximum Gasteiger partial charge on any atom is 0.237 e. The first-order chi connectivity index (χ1) is 8.02. The Balaban J connectivity index is 2.12. The van der Waals surface area contributed by atoms with Crippen LogP contribution in [0.3, 0.4) is 0 Å². The Morgan fingerprint density at radius 3 is 2.41 bits per heavy atom. The van der Waals surface area contributed by atoms with Gasteiger partial charge in [0, 0.05) is 6.61 Å². The van der Waals surface area contributed by atoms with E-state index >= 15 is 0 Å². The maximum absolute atomic E-state index is 11.0. The lowest BCUT2D eigenvalue weighted by molar-refractivity contribution is -0.122. The van der Waals surface area contributed by atoms with Crippen molar-refractivity contribution in [3.8, 4) is 0 Å². The molecule has 0 radical (unpaired) electrons. The van der Waals surface area contributed by atoms with Gasteiger partial charge in [-0.05, 0) is 32.6 Å². The number of rotatable bonds is 6. The molecule has 0 heterocycles. The van der Waals surface area contributed by atoms with Crippen molar-refractivity contribution < 1.29 is 9.53 Å². The fourth-order valence-electron chi connectivity index (χ4n) is 2.22. The zero-order valence-electron chi connectivity index (χ0n) is 10.9. The van der Waals surface area contributed by atoms with Crippen molar-refractivity contribution in [1.82, 2.24) is 0 Å². The van der Waals surface area contributed by atoms with Gasteiger partial charge in [0.15, 0.2) is 0 Å². The molecule has 0 bridgehead atoms. The summed E-state index contributed by atoms with van der Waals surface area (Å²) in [5, 5.41) is 0. The Bertz CT molecular complexity index is 234. The van der Waals surface area contributed by atoms with Crippen molar-refractivity contribution in [2.75, 3.05) is 6.61 Å². The van der Waals surface area contributed by atoms with Gasteiger partial charge in [0.25, 0.3) is 0 Å². The Hall–Kier alpha value is -0.610. The van der Waals surface area contributed by atoms with Crippen molar-refractivity contribution in [3.05, 3.63) is 0 Å². The predicted octanol–water partition coefficient (Wildman–Crippen LogP) is 1.71. The van der Waals surface area contributed by atoms with Crippen LogP contribution in [-0.4, -0.2) is 24.2 Å². The molecule has 0 aromatic carbocycles. The van der Waals surface area contributed by atoms with Crippen LogP contribution in [0.25, 0.3) is 0 Å². The molecular weight excluding hydrogens is 216 g/mol. The lowest BCUT2D eigenvalue weighted by atomic mass is 9.97. The highest BCUT2D eigenvalue weighted by molar-refractivity contribution is 5.83. The van der Waals surface area contributed by atoms with Gasteiger partial charge in [-0.25, -0.2) is 0 Å². The van der Waals surface area contributed by atoms with Gasteiger partial charge >= 0.3 is 0 Å². The summed E-state index contributed by atoms with van der Waals surface area (Å²) in [5.74, 6) is -0.438. The van der Waals surface area contributed by atoms with Crippen molar-refractivity contribution >= 4 is 5.91 Å². The molecule has 1 aliphatic carbocycles. The highest BCUT2D eigenvalue weighted by Crippen LogP contribution is 2.20. The first-order valence-corrected chi connectivity index (χ1v) is 6.73. The molecule has 1 amide bonds. The van der Waals surface area contributed by atoms with Gasteiger partial charge in [-0.1, -0.05) is 25.7 Å². The molecule has 0 saturated heterocycles. The minimum absolute atomic E-state index is 0.412. The maximum atomic E-state index is 11.0. The average Bonchev–Trinajstić information content (AvgIpc) is 2.52. The summed E-state index contributed by atoms with van der Waals surface area (Å²) < 4.78 is 5.83. The third-order valence-corrected chi connectivity index (χ3v) is 3.56. The summed E-state index contributed by atoms with van der Waals surface area (Å²) >= 11 is 0. The van der Waals surface area contributed by atoms with Gasteiger partial charge in [0.1, 0.15) is 0 Å². The standard InChI is InChI=1S/C13H26N2O2/c1-13(15,12(14)16)9-6-10-17-11-7-4-2-3-5-8-11/h11H,2-10,15H2,1H3,(H2,14,16). The van der Waals surface area contributed by atoms with Gasteiger partial charge < -0.3 is 16.2 Å². The third-order valence-electron chi connectivity index (χ3n) is 3.56. The topological polar surface area (TPSA) is 78.3 Å². The summed E-state index contributed by atoms with van der Waals surface area (Å²) in [6.07, 6.45) is 9.38. The quantitative estimate of drug-likeness (QED) is 0.549. The number of hydrogen-bond donors (Lipinski definition) is 2. The number of hydrogen-bond acceptors (Lipinski definition) is 3. The van der Waals surface area contributed by atoms with Crippen molar-refractivity contribution in [3.63, 3.8) is 0 Å². The van der Waals surface area contributed by atoms with Crippen LogP contribution in [-0.2, 0) is 9.53 Å². The largest absolute Gasteiger partial charge is 0.378 e. The van der Waals surface area contributed by atoms with E-state index in [4.69, 9.17) is 16.2 Å². The minimum Gasteiger partial charge on any atom is -0.378 e. The van der Waals surface area contributed by atoms with E-state index in [9.17, 15) is 4.79 Å². The molecule has 1 aliphatic rings. The highest BCUT2D eigenvalue weighted by atomic mass is 16.5. The number of primary amides is 1. The second-order valence-electron chi connectivity index (χ2n) is 5.37. The minimum atomic E-state index is -0.896. The lowest BCUT2D eigenvalue weighted by Gasteiger charge is -2.21. The van der Waals surface area contributed by atoms with Gasteiger partial charge in [0.2, 0.25) is 5.91 Å². The molecule has 0 aliphatic heterocycles. The number of amides is 1. The summed E-state index contributed by atoms with van der Waals surface area (Å²) in [5.41, 5.74) is 10.1. The van der Waals surface area contributed by atoms with E-state index in [-0.39, 0.29) is 0 Å². The van der Waals surface area contributed by atoms with E-state index in [2.05, 4.69) is 0 Å². The third kappa shape index (κ3) is 5.50. The van der Waals surface area contributed by atoms with E-state index in [0.29, 0.717) is 19.1 Å². The van der Waals surface area contributed by atoms with Gasteiger partial charge in [-0.2, -0.15) is 0 Å². The second-order valence-corrected chi connectivity index (χ2v) is 5.37. The average molecular weight is 242 g/mol. The number of carbonyl (C=O) groups excluding carboxylic acids is 1. The summed E-state index contributed by atoms with van der Waals surface area (Å²) in [4.78, 5) is 11.0. The molecule has 1 fully saturated rings. The Labute approximate surface area is 104 Å². The number of carbonyl (C=O) groups is 1. The fraction of sp³-hybridized carbons (Fsp3) is 0.923. The molecule has 1 rings (SSSR count). The SMILES string of the molecule is CC(N)(CCCOC1CCCCCC1)C(N)=O. The molecule has 1 saturated carbocycles. The zero-order chi connectivity index (χ0) is 12.7. The molecule has 1 atom stereocenters. The summed E-state index contributed by atoms with van der Waals surface area (Å²) in [7, 11) is 0. The first-order valence-electron chi connectivity index (χ1n) is 6.73. The summed E-state index contributed by atoms with van der Waals surface area (Å²) in [6, 6.07) is 0. The molecule has 4 nitrogen and oxygen atoms in total. The van der Waals surface area contributed by atoms with Crippen LogP contribution in [0.1, 0.15) is 58.3 Å². The van der Waals surface area contributed by atoms with Crippen LogP contribution < -0.4 is 11.5 Å². The normalized spacial score (nSPS) is 21.8. The van der Waals surface area contributed by atoms with Crippen LogP contribution in [0.4, 0.5) is 0 Å². The van der Waals surface area contributed by atoms with Crippen LogP contribution in [0.2, 0.25) is 0 Å². The van der Waals surface area contributed by atoms with Crippen molar-refractivity contribution in [2.45, 2.75) is 69.9 Å². The van der Waals surface area contributed by atoms with E-state index in [0.717, 1.165) is 6.42 Å². The lowest BCUT2D eigenvalue weighted by Crippen LogP contribution is -2.49. The van der Waals surface area contributed by atoms with Crippen molar-refractivity contribution in [1.29, 1.82) is 0 Å². The molecular formula is C13H26N2O2. The van der Waals surface area contributed by atoms with E-state index in [1.807, 2.05) is 0 Å². The Morgan fingerprint density at radius 2 is 1.88 bits per heavy atom. The molecule has 100 valence electrons. The zero-order valence-corrected chi connectivity index (χ0v) is 10.9. The highest BCUT2D eigenvalue weighted by Gasteiger charge is 2.24. The summed E-state index contributed by atoms with van der Waals surface area (Å²) in [6.45, 7) is 2.37.